The lowest BCUT2D eigenvalue weighted by atomic mass is 10.4. The van der Waals surface area contributed by atoms with E-state index in [4.69, 9.17) is 10.5 Å². The Kier molecular flexibility index (Phi) is 3.86. The van der Waals surface area contributed by atoms with Gasteiger partial charge in [-0.1, -0.05) is 0 Å². The Balaban J connectivity index is 2.32. The third-order valence-electron chi connectivity index (χ3n) is 1.60. The Hall–Kier alpha value is -1.63. The number of nitrogen functional groups attached to an aromatic ring is 1. The number of nitrogens with two attached hydrogens (primary N) is 1. The van der Waals surface area contributed by atoms with E-state index in [2.05, 4.69) is 20.7 Å². The number of carbonyl (C=O) groups is 1. The summed E-state index contributed by atoms with van der Waals surface area (Å²) in [7, 11) is 1.61. The van der Waals surface area contributed by atoms with Gasteiger partial charge < -0.3 is 15.8 Å². The first-order chi connectivity index (χ1) is 6.75. The largest absolute Gasteiger partial charge is 0.385 e. The quantitative estimate of drug-likeness (QED) is 0.536. The fraction of sp³-hybridized carbons (Fsp3) is 0.571. The van der Waals surface area contributed by atoms with Gasteiger partial charge in [0.15, 0.2) is 11.5 Å². The summed E-state index contributed by atoms with van der Waals surface area (Å²) in [5.74, 6) is -0.221. The van der Waals surface area contributed by atoms with Crippen LogP contribution in [-0.4, -0.2) is 41.6 Å². The fourth-order valence-corrected chi connectivity index (χ4v) is 0.908. The van der Waals surface area contributed by atoms with Crippen molar-refractivity contribution in [1.29, 1.82) is 0 Å². The number of H-pyrrole nitrogens is 1. The van der Waals surface area contributed by atoms with Crippen molar-refractivity contribution in [3.05, 3.63) is 5.69 Å². The molecule has 1 heterocycles. The summed E-state index contributed by atoms with van der Waals surface area (Å²) in [6, 6.07) is 0. The molecule has 4 N–H and O–H groups in total. The third-order valence-corrected chi connectivity index (χ3v) is 1.60. The van der Waals surface area contributed by atoms with Crippen molar-refractivity contribution in [1.82, 2.24) is 20.7 Å². The van der Waals surface area contributed by atoms with E-state index in [9.17, 15) is 4.79 Å². The van der Waals surface area contributed by atoms with Gasteiger partial charge in [0.25, 0.3) is 5.91 Å². The highest BCUT2D eigenvalue weighted by Crippen LogP contribution is 2.00. The Bertz CT molecular complexity index is 298. The second kappa shape index (κ2) is 5.18. The Morgan fingerprint density at radius 1 is 1.64 bits per heavy atom. The Morgan fingerprint density at radius 2 is 2.43 bits per heavy atom. The molecule has 1 aromatic rings. The summed E-state index contributed by atoms with van der Waals surface area (Å²) in [6.45, 7) is 1.13. The van der Waals surface area contributed by atoms with E-state index in [1.54, 1.807) is 7.11 Å². The van der Waals surface area contributed by atoms with Crippen LogP contribution in [0.1, 0.15) is 16.9 Å². The second-order valence-corrected chi connectivity index (χ2v) is 2.66. The van der Waals surface area contributed by atoms with Crippen LogP contribution >= 0.6 is 0 Å². The zero-order chi connectivity index (χ0) is 10.4. The molecule has 0 saturated carbocycles. The number of amides is 1. The lowest BCUT2D eigenvalue weighted by molar-refractivity contribution is 0.0944. The van der Waals surface area contributed by atoms with Crippen LogP contribution in [0.4, 0.5) is 5.82 Å². The van der Waals surface area contributed by atoms with Crippen LogP contribution in [0.2, 0.25) is 0 Å². The summed E-state index contributed by atoms with van der Waals surface area (Å²) in [4.78, 5) is 11.3. The van der Waals surface area contributed by atoms with Gasteiger partial charge in [-0.2, -0.15) is 5.21 Å². The molecule has 1 aromatic heterocycles. The van der Waals surface area contributed by atoms with Crippen LogP contribution in [0.25, 0.3) is 0 Å². The molecule has 0 fully saturated rings. The summed E-state index contributed by atoms with van der Waals surface area (Å²) in [5, 5.41) is 12.1. The molecule has 0 unspecified atom stereocenters. The number of carbonyl (C=O) groups excluding carboxylic acids is 1. The first kappa shape index (κ1) is 10.5. The first-order valence-corrected chi connectivity index (χ1v) is 4.19. The number of hydrogen-bond donors (Lipinski definition) is 3. The Labute approximate surface area is 81.0 Å². The average Bonchev–Trinajstić information content (AvgIpc) is 2.59. The minimum absolute atomic E-state index is 0.106. The number of ether oxygens (including phenoxy) is 1. The predicted octanol–water partition coefficient (Wildman–Crippen LogP) is -0.847. The number of methoxy groups -OCH3 is 1. The number of nitrogens with zero attached hydrogens (tertiary/aromatic N) is 2. The van der Waals surface area contributed by atoms with Crippen molar-refractivity contribution in [3.63, 3.8) is 0 Å². The summed E-state index contributed by atoms with van der Waals surface area (Å²) in [6.07, 6.45) is 0.750. The van der Waals surface area contributed by atoms with E-state index < -0.39 is 0 Å². The lowest BCUT2D eigenvalue weighted by Gasteiger charge is -2.01. The molecule has 1 rings (SSSR count). The molecule has 0 aliphatic carbocycles. The van der Waals surface area contributed by atoms with Gasteiger partial charge in [-0.25, -0.2) is 0 Å². The molecule has 0 aliphatic heterocycles. The van der Waals surface area contributed by atoms with Crippen LogP contribution in [0.3, 0.4) is 0 Å². The monoisotopic (exact) mass is 199 g/mol. The molecule has 0 aromatic carbocycles. The van der Waals surface area contributed by atoms with Gasteiger partial charge in [0.2, 0.25) is 0 Å². The number of rotatable bonds is 5. The normalized spacial score (nSPS) is 10.1. The smallest absolute Gasteiger partial charge is 0.275 e. The molecular weight excluding hydrogens is 186 g/mol. The maximum absolute atomic E-state index is 11.3. The zero-order valence-corrected chi connectivity index (χ0v) is 7.91. The average molecular weight is 199 g/mol. The summed E-state index contributed by atoms with van der Waals surface area (Å²) >= 11 is 0. The summed E-state index contributed by atoms with van der Waals surface area (Å²) in [5.41, 5.74) is 5.51. The molecule has 0 radical (unpaired) electrons. The minimum Gasteiger partial charge on any atom is -0.385 e. The SMILES string of the molecule is COCCCNC(=O)c1n[nH]nc1N. The molecule has 0 aliphatic rings. The van der Waals surface area contributed by atoms with Crippen molar-refractivity contribution in [2.45, 2.75) is 6.42 Å². The van der Waals surface area contributed by atoms with Crippen molar-refractivity contribution in [2.24, 2.45) is 0 Å². The minimum atomic E-state index is -0.327. The zero-order valence-electron chi connectivity index (χ0n) is 7.91. The molecule has 78 valence electrons. The van der Waals surface area contributed by atoms with Gasteiger partial charge in [-0.15, -0.1) is 10.2 Å². The van der Waals surface area contributed by atoms with Crippen molar-refractivity contribution in [2.75, 3.05) is 26.0 Å². The topological polar surface area (TPSA) is 106 Å². The highest BCUT2D eigenvalue weighted by atomic mass is 16.5. The highest BCUT2D eigenvalue weighted by molar-refractivity contribution is 5.96. The molecule has 7 heteroatoms. The van der Waals surface area contributed by atoms with E-state index in [0.29, 0.717) is 13.2 Å². The maximum Gasteiger partial charge on any atom is 0.275 e. The van der Waals surface area contributed by atoms with Crippen LogP contribution in [0, 0.1) is 0 Å². The second-order valence-electron chi connectivity index (χ2n) is 2.66. The van der Waals surface area contributed by atoms with Gasteiger partial charge >= 0.3 is 0 Å². The molecular formula is C7H13N5O2. The first-order valence-electron chi connectivity index (χ1n) is 4.19. The Morgan fingerprint density at radius 3 is 3.00 bits per heavy atom. The number of anilines is 1. The van der Waals surface area contributed by atoms with E-state index in [0.717, 1.165) is 6.42 Å². The maximum atomic E-state index is 11.3. The van der Waals surface area contributed by atoms with Crippen LogP contribution in [-0.2, 0) is 4.74 Å². The number of nitrogens with one attached hydrogen (secondary N) is 2. The van der Waals surface area contributed by atoms with Gasteiger partial charge in [0, 0.05) is 20.3 Å². The van der Waals surface area contributed by atoms with Gasteiger partial charge in [-0.3, -0.25) is 4.79 Å². The summed E-state index contributed by atoms with van der Waals surface area (Å²) < 4.78 is 4.83. The van der Waals surface area contributed by atoms with Crippen molar-refractivity contribution < 1.29 is 9.53 Å². The third kappa shape index (κ3) is 2.70. The van der Waals surface area contributed by atoms with Gasteiger partial charge in [-0.05, 0) is 6.42 Å². The standard InChI is InChI=1S/C7H13N5O2/c1-14-4-2-3-9-7(13)5-6(8)11-12-10-5/h2-4H2,1H3,(H,9,13)(H3,8,10,11,12). The number of aromatic nitrogens is 3. The lowest BCUT2D eigenvalue weighted by Crippen LogP contribution is -2.26. The van der Waals surface area contributed by atoms with Crippen LogP contribution in [0.5, 0.6) is 0 Å². The van der Waals surface area contributed by atoms with E-state index in [1.807, 2.05) is 0 Å². The fourth-order valence-electron chi connectivity index (χ4n) is 0.908. The van der Waals surface area contributed by atoms with E-state index in [1.165, 1.54) is 0 Å². The highest BCUT2D eigenvalue weighted by Gasteiger charge is 2.12. The molecule has 1 amide bonds. The van der Waals surface area contributed by atoms with Gasteiger partial charge in [0.1, 0.15) is 0 Å². The van der Waals surface area contributed by atoms with Crippen molar-refractivity contribution in [3.8, 4) is 0 Å². The van der Waals surface area contributed by atoms with E-state index in [-0.39, 0.29) is 17.4 Å². The van der Waals surface area contributed by atoms with Crippen LogP contribution in [0.15, 0.2) is 0 Å². The number of hydrogen-bond acceptors (Lipinski definition) is 5. The molecule has 0 spiro atoms. The van der Waals surface area contributed by atoms with Crippen molar-refractivity contribution >= 4 is 11.7 Å². The van der Waals surface area contributed by atoms with Gasteiger partial charge in [0.05, 0.1) is 0 Å². The predicted molar refractivity (Wildman–Crippen MR) is 49.6 cm³/mol. The number of aromatic amines is 1. The molecule has 0 saturated heterocycles. The molecule has 0 bridgehead atoms. The van der Waals surface area contributed by atoms with E-state index >= 15 is 0 Å². The molecule has 0 atom stereocenters. The molecule has 7 nitrogen and oxygen atoms in total. The van der Waals surface area contributed by atoms with Crippen LogP contribution < -0.4 is 11.1 Å². The molecule has 14 heavy (non-hydrogen) atoms.